The molecule has 0 aromatic heterocycles. The van der Waals surface area contributed by atoms with Crippen molar-refractivity contribution < 1.29 is 22.7 Å². The van der Waals surface area contributed by atoms with Crippen LogP contribution in [0.25, 0.3) is 0 Å². The van der Waals surface area contributed by atoms with E-state index in [9.17, 15) is 13.2 Å². The van der Waals surface area contributed by atoms with Crippen molar-refractivity contribution in [3.05, 3.63) is 48.0 Å². The Morgan fingerprint density at radius 3 is 2.34 bits per heavy atom. The molecule has 0 atom stereocenters. The van der Waals surface area contributed by atoms with Crippen LogP contribution in [0.3, 0.4) is 0 Å². The highest BCUT2D eigenvalue weighted by Gasteiger charge is 2.23. The van der Waals surface area contributed by atoms with Gasteiger partial charge in [-0.25, -0.2) is 8.42 Å². The van der Waals surface area contributed by atoms with Gasteiger partial charge in [0.25, 0.3) is 15.9 Å². The van der Waals surface area contributed by atoms with Crippen LogP contribution in [0, 0.1) is 0 Å². The first-order valence-electron chi connectivity index (χ1n) is 10.6. The quantitative estimate of drug-likeness (QED) is 0.521. The fraction of sp³-hybridized carbons (Fsp3) is 0.435. The Balaban J connectivity index is 1.62. The lowest BCUT2D eigenvalue weighted by Crippen LogP contribution is -2.27. The van der Waals surface area contributed by atoms with Gasteiger partial charge in [0.05, 0.1) is 24.8 Å². The van der Waals surface area contributed by atoms with Gasteiger partial charge in [0.15, 0.2) is 11.5 Å². The van der Waals surface area contributed by atoms with Crippen LogP contribution in [0.5, 0.6) is 11.5 Å². The number of thioether (sulfide) groups is 1. The Bertz CT molecular complexity index is 1020. The smallest absolute Gasteiger partial charge is 0.264 e. The third kappa shape index (κ3) is 5.69. The zero-order valence-corrected chi connectivity index (χ0v) is 20.3. The Kier molecular flexibility index (Phi) is 8.31. The molecule has 2 aromatic rings. The highest BCUT2D eigenvalue weighted by molar-refractivity contribution is 7.99. The van der Waals surface area contributed by atoms with Gasteiger partial charge in [-0.3, -0.25) is 9.10 Å². The van der Waals surface area contributed by atoms with Crippen molar-refractivity contribution in [2.75, 3.05) is 37.9 Å². The lowest BCUT2D eigenvalue weighted by molar-refractivity contribution is 0.0956. The summed E-state index contributed by atoms with van der Waals surface area (Å²) in [6.07, 6.45) is 5.18. The van der Waals surface area contributed by atoms with Gasteiger partial charge in [0, 0.05) is 36.2 Å². The summed E-state index contributed by atoms with van der Waals surface area (Å²) in [5.74, 6) is 1.53. The second-order valence-corrected chi connectivity index (χ2v) is 10.9. The summed E-state index contributed by atoms with van der Waals surface area (Å²) in [4.78, 5) is 12.5. The Hall–Kier alpha value is -2.39. The van der Waals surface area contributed by atoms with Crippen LogP contribution in [0.1, 0.15) is 36.0 Å². The number of ether oxygens (including phenoxy) is 2. The molecular weight excluding hydrogens is 448 g/mol. The fourth-order valence-electron chi connectivity index (χ4n) is 3.64. The minimum Gasteiger partial charge on any atom is -0.493 e. The lowest BCUT2D eigenvalue weighted by atomic mass is 10.2. The number of rotatable bonds is 10. The van der Waals surface area contributed by atoms with Crippen molar-refractivity contribution in [3.63, 3.8) is 0 Å². The SMILES string of the molecule is COc1ccc(S(=O)(=O)N(C)c2ccc(C(=O)NCCSC3CCCC3)cc2)cc1OC. The Morgan fingerprint density at radius 1 is 1.06 bits per heavy atom. The first kappa shape index (κ1) is 24.3. The van der Waals surface area contributed by atoms with E-state index in [2.05, 4.69) is 5.32 Å². The van der Waals surface area contributed by atoms with Crippen LogP contribution >= 0.6 is 11.8 Å². The van der Waals surface area contributed by atoms with Crippen LogP contribution in [-0.2, 0) is 10.0 Å². The number of nitrogens with one attached hydrogen (secondary N) is 1. The van der Waals surface area contributed by atoms with E-state index >= 15 is 0 Å². The molecule has 0 unspecified atom stereocenters. The van der Waals surface area contributed by atoms with E-state index in [4.69, 9.17) is 9.47 Å². The van der Waals surface area contributed by atoms with E-state index < -0.39 is 10.0 Å². The van der Waals surface area contributed by atoms with Gasteiger partial charge >= 0.3 is 0 Å². The molecule has 1 aliphatic carbocycles. The molecule has 0 heterocycles. The van der Waals surface area contributed by atoms with Gasteiger partial charge < -0.3 is 14.8 Å². The molecule has 1 aliphatic rings. The molecule has 3 rings (SSSR count). The van der Waals surface area contributed by atoms with E-state index in [1.54, 1.807) is 30.3 Å². The van der Waals surface area contributed by atoms with Crippen molar-refractivity contribution >= 4 is 33.4 Å². The molecule has 0 radical (unpaired) electrons. The highest BCUT2D eigenvalue weighted by atomic mass is 32.2. The van der Waals surface area contributed by atoms with Crippen LogP contribution in [0.15, 0.2) is 47.4 Å². The van der Waals surface area contributed by atoms with Gasteiger partial charge in [0.1, 0.15) is 0 Å². The summed E-state index contributed by atoms with van der Waals surface area (Å²) in [6, 6.07) is 11.0. The molecule has 0 saturated heterocycles. The van der Waals surface area contributed by atoms with Gasteiger partial charge in [-0.1, -0.05) is 12.8 Å². The predicted octanol–water partition coefficient (Wildman–Crippen LogP) is 3.93. The number of sulfonamides is 1. The average Bonchev–Trinajstić information content (AvgIpc) is 3.34. The van der Waals surface area contributed by atoms with Crippen molar-refractivity contribution in [1.29, 1.82) is 0 Å². The van der Waals surface area contributed by atoms with Gasteiger partial charge in [0.2, 0.25) is 0 Å². The molecule has 0 aliphatic heterocycles. The van der Waals surface area contributed by atoms with Gasteiger partial charge in [-0.2, -0.15) is 11.8 Å². The topological polar surface area (TPSA) is 84.9 Å². The van der Waals surface area contributed by atoms with Crippen LogP contribution in [0.4, 0.5) is 5.69 Å². The summed E-state index contributed by atoms with van der Waals surface area (Å²) in [7, 11) is 0.603. The average molecular weight is 479 g/mol. The van der Waals surface area contributed by atoms with Gasteiger partial charge in [-0.15, -0.1) is 0 Å². The number of methoxy groups -OCH3 is 2. The van der Waals surface area contributed by atoms with E-state index in [-0.39, 0.29) is 10.8 Å². The zero-order valence-electron chi connectivity index (χ0n) is 18.7. The molecule has 1 N–H and O–H groups in total. The largest absolute Gasteiger partial charge is 0.493 e. The molecule has 7 nitrogen and oxygen atoms in total. The third-order valence-electron chi connectivity index (χ3n) is 5.55. The van der Waals surface area contributed by atoms with Crippen LogP contribution in [-0.4, -0.2) is 53.1 Å². The molecule has 32 heavy (non-hydrogen) atoms. The molecule has 1 fully saturated rings. The fourth-order valence-corrected chi connectivity index (χ4v) is 6.08. The standard InChI is InChI=1S/C23H30N2O5S2/c1-25(32(27,28)20-12-13-21(29-2)22(16-20)30-3)18-10-8-17(9-11-18)23(26)24-14-15-31-19-6-4-5-7-19/h8-13,16,19H,4-7,14-15H2,1-3H3,(H,24,26). The molecule has 9 heteroatoms. The molecular formula is C23H30N2O5S2. The summed E-state index contributed by atoms with van der Waals surface area (Å²) >= 11 is 1.93. The molecule has 0 spiro atoms. The predicted molar refractivity (Wildman–Crippen MR) is 129 cm³/mol. The molecule has 1 amide bonds. The first-order valence-corrected chi connectivity index (χ1v) is 13.1. The summed E-state index contributed by atoms with van der Waals surface area (Å²) < 4.78 is 37.7. The van der Waals surface area contributed by atoms with E-state index in [0.717, 1.165) is 11.0 Å². The lowest BCUT2D eigenvalue weighted by Gasteiger charge is -2.20. The minimum absolute atomic E-state index is 0.0826. The number of carbonyl (C=O) groups excluding carboxylic acids is 1. The van der Waals surface area contributed by atoms with Crippen molar-refractivity contribution in [2.45, 2.75) is 35.8 Å². The monoisotopic (exact) mass is 478 g/mol. The Morgan fingerprint density at radius 2 is 1.72 bits per heavy atom. The number of carbonyl (C=O) groups is 1. The van der Waals surface area contributed by atoms with Crippen LogP contribution in [0.2, 0.25) is 0 Å². The first-order chi connectivity index (χ1) is 15.4. The number of hydrogen-bond donors (Lipinski definition) is 1. The minimum atomic E-state index is -3.81. The molecule has 2 aromatic carbocycles. The molecule has 0 bridgehead atoms. The van der Waals surface area contributed by atoms with Crippen LogP contribution < -0.4 is 19.1 Å². The number of hydrogen-bond acceptors (Lipinski definition) is 6. The molecule has 1 saturated carbocycles. The molecule has 174 valence electrons. The van der Waals surface area contributed by atoms with Gasteiger partial charge in [-0.05, 0) is 49.2 Å². The summed E-state index contributed by atoms with van der Waals surface area (Å²) in [6.45, 7) is 0.620. The second-order valence-electron chi connectivity index (χ2n) is 7.57. The second kappa shape index (κ2) is 11.0. The van der Waals surface area contributed by atoms with Crippen molar-refractivity contribution in [2.24, 2.45) is 0 Å². The zero-order chi connectivity index (χ0) is 23.1. The van der Waals surface area contributed by atoms with E-state index in [1.807, 2.05) is 11.8 Å². The summed E-state index contributed by atoms with van der Waals surface area (Å²) in [5.41, 5.74) is 0.949. The number of anilines is 1. The maximum absolute atomic E-state index is 13.1. The number of nitrogens with zero attached hydrogens (tertiary/aromatic N) is 1. The maximum atomic E-state index is 13.1. The summed E-state index contributed by atoms with van der Waals surface area (Å²) in [5, 5.41) is 3.66. The van der Waals surface area contributed by atoms with E-state index in [0.29, 0.717) is 29.3 Å². The normalized spacial score (nSPS) is 14.2. The number of amides is 1. The maximum Gasteiger partial charge on any atom is 0.264 e. The van der Waals surface area contributed by atoms with Crippen molar-refractivity contribution in [1.82, 2.24) is 5.32 Å². The Labute approximate surface area is 194 Å². The van der Waals surface area contributed by atoms with Crippen molar-refractivity contribution in [3.8, 4) is 11.5 Å². The number of benzene rings is 2. The third-order valence-corrected chi connectivity index (χ3v) is 8.71. The van der Waals surface area contributed by atoms with E-state index in [1.165, 1.54) is 63.4 Å². The highest BCUT2D eigenvalue weighted by Crippen LogP contribution is 2.32.